The number of carbonyl (C=O) groups excluding carboxylic acids is 2. The lowest BCUT2D eigenvalue weighted by molar-refractivity contribution is -0.131. The number of carbonyl (C=O) groups is 2. The summed E-state index contributed by atoms with van der Waals surface area (Å²) in [6.45, 7) is 5.41. The monoisotopic (exact) mass is 441 g/mol. The van der Waals surface area contributed by atoms with Crippen molar-refractivity contribution < 1.29 is 9.59 Å². The van der Waals surface area contributed by atoms with Gasteiger partial charge in [0.2, 0.25) is 5.91 Å². The number of benzene rings is 1. The lowest BCUT2D eigenvalue weighted by Gasteiger charge is -2.26. The van der Waals surface area contributed by atoms with Crippen LogP contribution in [0.4, 0.5) is 0 Å². The average molecular weight is 442 g/mol. The molecule has 2 aromatic rings. The summed E-state index contributed by atoms with van der Waals surface area (Å²) in [5, 5.41) is 11.3. The first-order valence-electron chi connectivity index (χ1n) is 10.8. The quantitative estimate of drug-likeness (QED) is 0.433. The van der Waals surface area contributed by atoms with Crippen LogP contribution >= 0.6 is 11.3 Å². The minimum atomic E-state index is -0.0849. The molecule has 0 atom stereocenters. The molecule has 0 saturated heterocycles. The number of thiophene rings is 1. The van der Waals surface area contributed by atoms with E-state index in [1.807, 2.05) is 30.0 Å². The summed E-state index contributed by atoms with van der Waals surface area (Å²) in [7, 11) is 1.63. The van der Waals surface area contributed by atoms with Crippen LogP contribution in [0.5, 0.6) is 0 Å². The molecule has 0 radical (unpaired) electrons. The fourth-order valence-electron chi connectivity index (χ4n) is 3.56. The van der Waals surface area contributed by atoms with Crippen LogP contribution in [0, 0.1) is 0 Å². The zero-order valence-corrected chi connectivity index (χ0v) is 19.1. The van der Waals surface area contributed by atoms with Gasteiger partial charge in [-0.1, -0.05) is 12.1 Å². The third kappa shape index (κ3) is 6.55. The number of nitrogens with zero attached hydrogens (tertiary/aromatic N) is 2. The zero-order chi connectivity index (χ0) is 22.1. The maximum atomic E-state index is 12.6. The maximum absolute atomic E-state index is 12.6. The molecule has 1 aliphatic heterocycles. The number of fused-ring (bicyclic) bond motifs is 1. The largest absolute Gasteiger partial charge is 0.357 e. The molecule has 1 aliphatic rings. The van der Waals surface area contributed by atoms with E-state index in [1.54, 1.807) is 24.5 Å². The molecule has 7 nitrogen and oxygen atoms in total. The van der Waals surface area contributed by atoms with Gasteiger partial charge in [-0.05, 0) is 54.5 Å². The Labute approximate surface area is 187 Å². The van der Waals surface area contributed by atoms with Crippen molar-refractivity contribution in [2.75, 3.05) is 33.2 Å². The highest BCUT2D eigenvalue weighted by molar-refractivity contribution is 7.10. The first-order valence-corrected chi connectivity index (χ1v) is 11.6. The van der Waals surface area contributed by atoms with Gasteiger partial charge in [0.25, 0.3) is 5.91 Å². The molecule has 31 heavy (non-hydrogen) atoms. The van der Waals surface area contributed by atoms with E-state index in [0.717, 1.165) is 38.0 Å². The molecule has 0 saturated carbocycles. The third-order valence-electron chi connectivity index (χ3n) is 5.22. The number of nitrogens with one attached hydrogen (secondary N) is 3. The Morgan fingerprint density at radius 1 is 1.23 bits per heavy atom. The predicted molar refractivity (Wildman–Crippen MR) is 126 cm³/mol. The minimum absolute atomic E-state index is 0.0849. The van der Waals surface area contributed by atoms with Gasteiger partial charge < -0.3 is 20.9 Å². The predicted octanol–water partition coefficient (Wildman–Crippen LogP) is 2.18. The number of guanidine groups is 1. The maximum Gasteiger partial charge on any atom is 0.251 e. The summed E-state index contributed by atoms with van der Waals surface area (Å²) >= 11 is 1.78. The number of amides is 2. The summed E-state index contributed by atoms with van der Waals surface area (Å²) < 4.78 is 0. The van der Waals surface area contributed by atoms with Gasteiger partial charge in [-0.25, -0.2) is 0 Å². The van der Waals surface area contributed by atoms with Crippen molar-refractivity contribution in [2.45, 2.75) is 32.7 Å². The van der Waals surface area contributed by atoms with Gasteiger partial charge in [0.05, 0.1) is 6.54 Å². The third-order valence-corrected chi connectivity index (χ3v) is 6.25. The van der Waals surface area contributed by atoms with E-state index in [1.165, 1.54) is 10.4 Å². The van der Waals surface area contributed by atoms with E-state index >= 15 is 0 Å². The highest BCUT2D eigenvalue weighted by Crippen LogP contribution is 2.24. The second-order valence-electron chi connectivity index (χ2n) is 7.40. The first kappa shape index (κ1) is 22.8. The molecule has 0 bridgehead atoms. The molecular weight excluding hydrogens is 410 g/mol. The Hall–Kier alpha value is -2.87. The van der Waals surface area contributed by atoms with Gasteiger partial charge in [0.15, 0.2) is 5.96 Å². The fraction of sp³-hybridized carbons (Fsp3) is 0.435. The topological polar surface area (TPSA) is 85.8 Å². The summed E-state index contributed by atoms with van der Waals surface area (Å²) in [6.07, 6.45) is 2.13. The van der Waals surface area contributed by atoms with Gasteiger partial charge in [-0.3, -0.25) is 14.6 Å². The molecule has 1 aromatic heterocycles. The zero-order valence-electron chi connectivity index (χ0n) is 18.2. The van der Waals surface area contributed by atoms with Crippen LogP contribution in [0.1, 0.15) is 39.7 Å². The van der Waals surface area contributed by atoms with Gasteiger partial charge in [-0.15, -0.1) is 11.3 Å². The lowest BCUT2D eigenvalue weighted by Crippen LogP contribution is -2.39. The highest BCUT2D eigenvalue weighted by atomic mass is 32.1. The SMILES string of the molecule is CCNC(=NCCC(=O)N1CCc2sccc2C1)NCCc1cccc(C(=O)NC)c1. The van der Waals surface area contributed by atoms with Crippen LogP contribution in [0.3, 0.4) is 0 Å². The number of hydrogen-bond donors (Lipinski definition) is 3. The standard InChI is InChI=1S/C23H31N5O2S/c1-3-25-23(26-11-7-17-5-4-6-18(15-17)22(30)24-2)27-12-8-21(29)28-13-9-20-19(16-28)10-14-31-20/h4-6,10,14-15H,3,7-9,11-13,16H2,1-2H3,(H,24,30)(H2,25,26,27). The fourth-order valence-corrected chi connectivity index (χ4v) is 4.45. The van der Waals surface area contributed by atoms with E-state index in [0.29, 0.717) is 31.0 Å². The number of hydrogen-bond acceptors (Lipinski definition) is 4. The Morgan fingerprint density at radius 3 is 2.90 bits per heavy atom. The second-order valence-corrected chi connectivity index (χ2v) is 8.40. The Balaban J connectivity index is 1.45. The van der Waals surface area contributed by atoms with Gasteiger partial charge >= 0.3 is 0 Å². The first-order chi connectivity index (χ1) is 15.1. The van der Waals surface area contributed by atoms with Crippen LogP contribution in [0.25, 0.3) is 0 Å². The van der Waals surface area contributed by atoms with Crippen molar-refractivity contribution >= 4 is 29.1 Å². The van der Waals surface area contributed by atoms with Gasteiger partial charge in [0, 0.05) is 50.1 Å². The summed E-state index contributed by atoms with van der Waals surface area (Å²) in [5.41, 5.74) is 3.02. The van der Waals surface area contributed by atoms with Crippen LogP contribution in [0.2, 0.25) is 0 Å². The smallest absolute Gasteiger partial charge is 0.251 e. The molecule has 3 N–H and O–H groups in total. The van der Waals surface area contributed by atoms with Crippen molar-refractivity contribution in [3.05, 3.63) is 57.3 Å². The minimum Gasteiger partial charge on any atom is -0.357 e. The van der Waals surface area contributed by atoms with E-state index in [-0.39, 0.29) is 11.8 Å². The molecule has 0 aliphatic carbocycles. The molecule has 166 valence electrons. The van der Waals surface area contributed by atoms with Crippen molar-refractivity contribution in [2.24, 2.45) is 4.99 Å². The lowest BCUT2D eigenvalue weighted by atomic mass is 10.1. The molecule has 0 spiro atoms. The van der Waals surface area contributed by atoms with Gasteiger partial charge in [-0.2, -0.15) is 0 Å². The van der Waals surface area contributed by atoms with E-state index in [2.05, 4.69) is 32.4 Å². The van der Waals surface area contributed by atoms with Crippen molar-refractivity contribution in [1.29, 1.82) is 0 Å². The summed E-state index contributed by atoms with van der Waals surface area (Å²) in [5.74, 6) is 0.775. The molecule has 2 heterocycles. The molecule has 8 heteroatoms. The van der Waals surface area contributed by atoms with Crippen molar-refractivity contribution in [3.8, 4) is 0 Å². The van der Waals surface area contributed by atoms with Gasteiger partial charge in [0.1, 0.15) is 0 Å². The molecule has 2 amide bonds. The normalized spacial score (nSPS) is 13.5. The van der Waals surface area contributed by atoms with Crippen LogP contribution in [-0.2, 0) is 24.2 Å². The number of aliphatic imine (C=N–C) groups is 1. The molecule has 0 fully saturated rings. The van der Waals surface area contributed by atoms with Crippen LogP contribution < -0.4 is 16.0 Å². The Bertz CT molecular complexity index is 924. The molecular formula is C23H31N5O2S. The van der Waals surface area contributed by atoms with Crippen molar-refractivity contribution in [1.82, 2.24) is 20.9 Å². The van der Waals surface area contributed by atoms with Crippen molar-refractivity contribution in [3.63, 3.8) is 0 Å². The van der Waals surface area contributed by atoms with E-state index in [9.17, 15) is 9.59 Å². The van der Waals surface area contributed by atoms with E-state index in [4.69, 9.17) is 0 Å². The average Bonchev–Trinajstić information content (AvgIpc) is 3.26. The highest BCUT2D eigenvalue weighted by Gasteiger charge is 2.20. The molecule has 3 rings (SSSR count). The Morgan fingerprint density at radius 2 is 2.10 bits per heavy atom. The number of rotatable bonds is 8. The van der Waals surface area contributed by atoms with Crippen LogP contribution in [-0.4, -0.2) is 55.9 Å². The summed E-state index contributed by atoms with van der Waals surface area (Å²) in [4.78, 5) is 32.2. The Kier molecular flexibility index (Phi) is 8.46. The molecule has 1 aromatic carbocycles. The van der Waals surface area contributed by atoms with E-state index < -0.39 is 0 Å². The molecule has 0 unspecified atom stereocenters. The summed E-state index contributed by atoms with van der Waals surface area (Å²) in [6, 6.07) is 9.73. The van der Waals surface area contributed by atoms with Crippen LogP contribution in [0.15, 0.2) is 40.7 Å². The second kappa shape index (κ2) is 11.5.